The Morgan fingerprint density at radius 3 is 2.66 bits per heavy atom. The van der Waals surface area contributed by atoms with Gasteiger partial charge in [0.15, 0.2) is 5.82 Å². The molecule has 152 valence electrons. The van der Waals surface area contributed by atoms with Crippen LogP contribution in [-0.2, 0) is 6.42 Å². The first-order chi connectivity index (χ1) is 13.8. The first-order valence-electron chi connectivity index (χ1n) is 10.1. The zero-order valence-corrected chi connectivity index (χ0v) is 18.7. The molecule has 0 saturated carbocycles. The highest BCUT2D eigenvalue weighted by atomic mass is 32.2. The van der Waals surface area contributed by atoms with E-state index in [0.29, 0.717) is 0 Å². The van der Waals surface area contributed by atoms with E-state index in [9.17, 15) is 0 Å². The molecular weight excluding hydrogens is 378 g/mol. The average molecular weight is 408 g/mol. The molecule has 0 spiro atoms. The van der Waals surface area contributed by atoms with E-state index >= 15 is 0 Å². The van der Waals surface area contributed by atoms with Crippen LogP contribution in [0.15, 0.2) is 57.3 Å². The van der Waals surface area contributed by atoms with Crippen molar-refractivity contribution in [3.63, 3.8) is 0 Å². The van der Waals surface area contributed by atoms with Crippen molar-refractivity contribution in [2.24, 2.45) is 10.4 Å². The second-order valence-corrected chi connectivity index (χ2v) is 9.94. The summed E-state index contributed by atoms with van der Waals surface area (Å²) in [6, 6.07) is 10.9. The number of aliphatic imine (C=N–C) groups is 1. The fourth-order valence-electron chi connectivity index (χ4n) is 4.06. The van der Waals surface area contributed by atoms with E-state index in [2.05, 4.69) is 66.4 Å². The molecule has 2 heterocycles. The van der Waals surface area contributed by atoms with Crippen LogP contribution in [0.2, 0.25) is 0 Å². The Kier molecular flexibility index (Phi) is 5.38. The van der Waals surface area contributed by atoms with Crippen LogP contribution in [-0.4, -0.2) is 35.8 Å². The fourth-order valence-corrected chi connectivity index (χ4v) is 5.08. The van der Waals surface area contributed by atoms with Gasteiger partial charge in [0, 0.05) is 19.8 Å². The molecule has 1 atom stereocenters. The first-order valence-corrected chi connectivity index (χ1v) is 11.0. The lowest BCUT2D eigenvalue weighted by molar-refractivity contribution is 0.372. The van der Waals surface area contributed by atoms with E-state index < -0.39 is 0 Å². The van der Waals surface area contributed by atoms with Crippen LogP contribution in [0.5, 0.6) is 0 Å². The van der Waals surface area contributed by atoms with Crippen molar-refractivity contribution in [1.29, 1.82) is 0 Å². The third-order valence-corrected chi connectivity index (χ3v) is 6.47. The predicted molar refractivity (Wildman–Crippen MR) is 123 cm³/mol. The van der Waals surface area contributed by atoms with E-state index in [1.165, 1.54) is 21.9 Å². The number of aromatic nitrogens is 2. The highest BCUT2D eigenvalue weighted by Crippen LogP contribution is 2.49. The highest BCUT2D eigenvalue weighted by molar-refractivity contribution is 8.04. The number of hydrogen-bond acceptors (Lipinski definition) is 6. The van der Waals surface area contributed by atoms with Gasteiger partial charge >= 0.3 is 0 Å². The van der Waals surface area contributed by atoms with E-state index in [4.69, 9.17) is 4.99 Å². The van der Waals surface area contributed by atoms with E-state index in [-0.39, 0.29) is 11.5 Å². The number of nitrogens with zero attached hydrogens (tertiary/aromatic N) is 4. The lowest BCUT2D eigenvalue weighted by Crippen LogP contribution is -2.30. The molecule has 4 rings (SSSR count). The minimum Gasteiger partial charge on any atom is -0.361 e. The molecule has 2 aromatic rings. The largest absolute Gasteiger partial charge is 0.361 e. The molecule has 0 saturated heterocycles. The third-order valence-electron chi connectivity index (χ3n) is 5.28. The van der Waals surface area contributed by atoms with Crippen LogP contribution in [0, 0.1) is 5.41 Å². The second-order valence-electron chi connectivity index (χ2n) is 8.94. The Balaban J connectivity index is 1.67. The van der Waals surface area contributed by atoms with Crippen molar-refractivity contribution in [2.75, 3.05) is 24.3 Å². The lowest BCUT2D eigenvalue weighted by Gasteiger charge is -2.37. The van der Waals surface area contributed by atoms with Crippen LogP contribution in [0.1, 0.15) is 39.2 Å². The van der Waals surface area contributed by atoms with Gasteiger partial charge in [-0.25, -0.2) is 9.97 Å². The number of benzene rings is 1. The van der Waals surface area contributed by atoms with Crippen molar-refractivity contribution in [3.8, 4) is 0 Å². The van der Waals surface area contributed by atoms with Gasteiger partial charge in [0.25, 0.3) is 0 Å². The van der Waals surface area contributed by atoms with Gasteiger partial charge in [0.05, 0.1) is 16.7 Å². The standard InChI is InChI=1S/C23H29N5S/c1-15(11-16-9-7-6-8-10-16)26-17-12-23(2,3)13-18-20(17)29-22-19(27-18)21(28(4)5)24-14-25-22/h6-10,14-15,27H,11-13H2,1-5H3. The van der Waals surface area contributed by atoms with Gasteiger partial charge in [0.2, 0.25) is 0 Å². The summed E-state index contributed by atoms with van der Waals surface area (Å²) in [4.78, 5) is 17.5. The van der Waals surface area contributed by atoms with Crippen LogP contribution < -0.4 is 10.2 Å². The van der Waals surface area contributed by atoms with Gasteiger partial charge < -0.3 is 10.2 Å². The first kappa shape index (κ1) is 20.0. The number of anilines is 2. The summed E-state index contributed by atoms with van der Waals surface area (Å²) in [5, 5.41) is 4.65. The fraction of sp³-hybridized carbons (Fsp3) is 0.435. The van der Waals surface area contributed by atoms with Crippen LogP contribution in [0.3, 0.4) is 0 Å². The monoisotopic (exact) mass is 407 g/mol. The maximum absolute atomic E-state index is 5.19. The lowest BCUT2D eigenvalue weighted by atomic mass is 9.78. The number of allylic oxidation sites excluding steroid dienone is 2. The molecule has 1 aromatic carbocycles. The molecule has 0 fully saturated rings. The molecule has 0 amide bonds. The molecule has 1 aliphatic heterocycles. The summed E-state index contributed by atoms with van der Waals surface area (Å²) in [6.07, 6.45) is 4.59. The van der Waals surface area contributed by atoms with Crippen molar-refractivity contribution in [2.45, 2.75) is 51.1 Å². The molecule has 5 nitrogen and oxygen atoms in total. The summed E-state index contributed by atoms with van der Waals surface area (Å²) in [7, 11) is 4.03. The maximum Gasteiger partial charge on any atom is 0.156 e. The zero-order chi connectivity index (χ0) is 20.6. The van der Waals surface area contributed by atoms with Crippen LogP contribution >= 0.6 is 11.8 Å². The molecule has 0 radical (unpaired) electrons. The summed E-state index contributed by atoms with van der Waals surface area (Å²) in [5.74, 6) is 0.924. The number of fused-ring (bicyclic) bond motifs is 1. The van der Waals surface area contributed by atoms with Gasteiger partial charge in [0.1, 0.15) is 17.0 Å². The van der Waals surface area contributed by atoms with Crippen molar-refractivity contribution in [3.05, 3.63) is 52.8 Å². The van der Waals surface area contributed by atoms with Gasteiger partial charge in [-0.2, -0.15) is 0 Å². The van der Waals surface area contributed by atoms with Crippen molar-refractivity contribution >= 4 is 29.0 Å². The molecule has 1 unspecified atom stereocenters. The minimum atomic E-state index is 0.170. The van der Waals surface area contributed by atoms with E-state index in [1.807, 2.05) is 19.0 Å². The summed E-state index contributed by atoms with van der Waals surface area (Å²) in [5.41, 5.74) is 4.96. The summed E-state index contributed by atoms with van der Waals surface area (Å²) in [6.45, 7) is 6.86. The number of thioether (sulfide) groups is 1. The number of rotatable bonds is 4. The van der Waals surface area contributed by atoms with Crippen LogP contribution in [0.4, 0.5) is 11.5 Å². The number of hydrogen-bond donors (Lipinski definition) is 1. The average Bonchev–Trinajstić information content (AvgIpc) is 2.66. The van der Waals surface area contributed by atoms with Gasteiger partial charge in [-0.3, -0.25) is 4.99 Å². The topological polar surface area (TPSA) is 53.4 Å². The summed E-state index contributed by atoms with van der Waals surface area (Å²) < 4.78 is 0. The van der Waals surface area contributed by atoms with E-state index in [0.717, 1.165) is 35.8 Å². The maximum atomic E-state index is 5.19. The number of nitrogens with one attached hydrogen (secondary N) is 1. The predicted octanol–water partition coefficient (Wildman–Crippen LogP) is 5.16. The Bertz CT molecular complexity index is 962. The highest BCUT2D eigenvalue weighted by Gasteiger charge is 2.36. The van der Waals surface area contributed by atoms with Crippen LogP contribution in [0.25, 0.3) is 0 Å². The van der Waals surface area contributed by atoms with Crippen molar-refractivity contribution < 1.29 is 0 Å². The molecule has 0 bridgehead atoms. The molecular formula is C23H29N5S. The SMILES string of the molecule is CC(Cc1ccccc1)N=C1CC(C)(C)CC2=C1Sc1ncnc(N(C)C)c1N2. The van der Waals surface area contributed by atoms with Gasteiger partial charge in [-0.05, 0) is 37.2 Å². The van der Waals surface area contributed by atoms with Gasteiger partial charge in [-0.1, -0.05) is 55.9 Å². The molecule has 6 heteroatoms. The smallest absolute Gasteiger partial charge is 0.156 e. The molecule has 29 heavy (non-hydrogen) atoms. The zero-order valence-electron chi connectivity index (χ0n) is 17.9. The molecule has 2 aliphatic rings. The molecule has 1 aliphatic carbocycles. The van der Waals surface area contributed by atoms with E-state index in [1.54, 1.807) is 18.1 Å². The Labute approximate surface area is 177 Å². The summed E-state index contributed by atoms with van der Waals surface area (Å²) >= 11 is 1.74. The Morgan fingerprint density at radius 2 is 1.93 bits per heavy atom. The quantitative estimate of drug-likeness (QED) is 0.709. The van der Waals surface area contributed by atoms with Crippen molar-refractivity contribution in [1.82, 2.24) is 9.97 Å². The van der Waals surface area contributed by atoms with Gasteiger partial charge in [-0.15, -0.1) is 0 Å². The Hall–Kier alpha value is -2.34. The minimum absolute atomic E-state index is 0.170. The molecule has 1 aromatic heterocycles. The normalized spacial score (nSPS) is 20.0. The third kappa shape index (κ3) is 4.32. The Morgan fingerprint density at radius 1 is 1.17 bits per heavy atom. The molecule has 1 N–H and O–H groups in total. The second kappa shape index (κ2) is 7.82.